The lowest BCUT2D eigenvalue weighted by Crippen LogP contribution is -2.32. The Kier molecular flexibility index (Phi) is 6.02. The van der Waals surface area contributed by atoms with Crippen molar-refractivity contribution in [3.63, 3.8) is 0 Å². The molecule has 0 fully saturated rings. The van der Waals surface area contributed by atoms with Crippen LogP contribution in [0.4, 0.5) is 4.39 Å². The number of carbonyl (C=O) groups excluding carboxylic acids is 1. The summed E-state index contributed by atoms with van der Waals surface area (Å²) in [5.41, 5.74) is 1.99. The first kappa shape index (κ1) is 18.1. The topological polar surface area (TPSA) is 84.5 Å². The maximum Gasteiger partial charge on any atom is 0.262 e. The molecular weight excluding hydrogens is 335 g/mol. The number of aryl methyl sites for hydroxylation is 1. The molecular formula is C16H17FN2O4S. The number of carbonyl (C=O) groups is 1. The third-order valence-electron chi connectivity index (χ3n) is 3.23. The SMILES string of the molecule is Cc1ccccc1CNC(=O)CONS(=O)(=O)c1ccc(F)cc1. The first-order chi connectivity index (χ1) is 11.4. The van der Waals surface area contributed by atoms with Crippen LogP contribution in [0.15, 0.2) is 53.4 Å². The Morgan fingerprint density at radius 1 is 1.12 bits per heavy atom. The number of hydrogen-bond acceptors (Lipinski definition) is 4. The molecule has 2 aromatic carbocycles. The second-order valence-electron chi connectivity index (χ2n) is 5.03. The second-order valence-corrected chi connectivity index (χ2v) is 6.68. The number of nitrogens with one attached hydrogen (secondary N) is 2. The Hall–Kier alpha value is -2.29. The van der Waals surface area contributed by atoms with E-state index in [1.807, 2.05) is 36.1 Å². The Labute approximate surface area is 139 Å². The molecule has 0 atom stereocenters. The van der Waals surface area contributed by atoms with E-state index in [-0.39, 0.29) is 4.90 Å². The predicted molar refractivity (Wildman–Crippen MR) is 85.7 cm³/mol. The second kappa shape index (κ2) is 8.00. The van der Waals surface area contributed by atoms with Gasteiger partial charge in [-0.25, -0.2) is 12.8 Å². The van der Waals surface area contributed by atoms with Crippen LogP contribution in [0.1, 0.15) is 11.1 Å². The van der Waals surface area contributed by atoms with Gasteiger partial charge in [-0.15, -0.1) is 0 Å². The first-order valence-electron chi connectivity index (χ1n) is 7.09. The lowest BCUT2D eigenvalue weighted by atomic mass is 10.1. The summed E-state index contributed by atoms with van der Waals surface area (Å²) in [7, 11) is -3.97. The van der Waals surface area contributed by atoms with Gasteiger partial charge in [0.1, 0.15) is 12.4 Å². The van der Waals surface area contributed by atoms with Crippen molar-refractivity contribution in [2.24, 2.45) is 0 Å². The van der Waals surface area contributed by atoms with Gasteiger partial charge in [0, 0.05) is 6.54 Å². The summed E-state index contributed by atoms with van der Waals surface area (Å²) in [6.07, 6.45) is 0. The molecule has 8 heteroatoms. The molecule has 0 bridgehead atoms. The van der Waals surface area contributed by atoms with E-state index in [0.29, 0.717) is 6.54 Å². The predicted octanol–water partition coefficient (Wildman–Crippen LogP) is 1.66. The molecule has 0 spiro atoms. The highest BCUT2D eigenvalue weighted by molar-refractivity contribution is 7.89. The summed E-state index contributed by atoms with van der Waals surface area (Å²) in [5, 5.41) is 2.62. The number of amides is 1. The van der Waals surface area contributed by atoms with Crippen molar-refractivity contribution in [3.05, 3.63) is 65.5 Å². The van der Waals surface area contributed by atoms with Gasteiger partial charge in [0.2, 0.25) is 5.91 Å². The largest absolute Gasteiger partial charge is 0.350 e. The fourth-order valence-electron chi connectivity index (χ4n) is 1.89. The number of rotatable bonds is 7. The third kappa shape index (κ3) is 5.12. The number of sulfonamides is 1. The summed E-state index contributed by atoms with van der Waals surface area (Å²) < 4.78 is 36.5. The fourth-order valence-corrected chi connectivity index (χ4v) is 2.69. The normalized spacial score (nSPS) is 11.2. The Morgan fingerprint density at radius 2 is 1.79 bits per heavy atom. The minimum absolute atomic E-state index is 0.163. The van der Waals surface area contributed by atoms with Crippen molar-refractivity contribution >= 4 is 15.9 Å². The Balaban J connectivity index is 1.80. The Morgan fingerprint density at radius 3 is 2.46 bits per heavy atom. The van der Waals surface area contributed by atoms with Gasteiger partial charge in [0.15, 0.2) is 0 Å². The van der Waals surface area contributed by atoms with Gasteiger partial charge in [-0.3, -0.25) is 9.63 Å². The fraction of sp³-hybridized carbons (Fsp3) is 0.188. The molecule has 24 heavy (non-hydrogen) atoms. The molecule has 6 nitrogen and oxygen atoms in total. The smallest absolute Gasteiger partial charge is 0.262 e. The standard InChI is InChI=1S/C16H17FN2O4S/c1-12-4-2-3-5-13(12)10-18-16(20)11-23-19-24(21,22)15-8-6-14(17)7-9-15/h2-9,19H,10-11H2,1H3,(H,18,20). The molecule has 0 unspecified atom stereocenters. The first-order valence-corrected chi connectivity index (χ1v) is 8.57. The molecule has 2 aromatic rings. The number of benzene rings is 2. The van der Waals surface area contributed by atoms with Gasteiger partial charge < -0.3 is 5.32 Å². The highest BCUT2D eigenvalue weighted by atomic mass is 32.2. The van der Waals surface area contributed by atoms with Gasteiger partial charge in [-0.1, -0.05) is 29.2 Å². The number of hydrogen-bond donors (Lipinski definition) is 2. The zero-order chi connectivity index (χ0) is 17.6. The van der Waals surface area contributed by atoms with Crippen molar-refractivity contribution in [1.29, 1.82) is 0 Å². The van der Waals surface area contributed by atoms with Gasteiger partial charge in [-0.2, -0.15) is 0 Å². The minimum Gasteiger partial charge on any atom is -0.350 e. The van der Waals surface area contributed by atoms with E-state index in [1.54, 1.807) is 0 Å². The van der Waals surface area contributed by atoms with Crippen LogP contribution >= 0.6 is 0 Å². The maximum atomic E-state index is 12.8. The number of halogens is 1. The van der Waals surface area contributed by atoms with E-state index in [0.717, 1.165) is 35.4 Å². The Bertz CT molecular complexity index is 807. The van der Waals surface area contributed by atoms with Crippen LogP contribution in [-0.4, -0.2) is 20.9 Å². The molecule has 128 valence electrons. The molecule has 0 aliphatic rings. The van der Waals surface area contributed by atoms with Crippen LogP contribution in [0.3, 0.4) is 0 Å². The zero-order valence-corrected chi connectivity index (χ0v) is 13.8. The summed E-state index contributed by atoms with van der Waals surface area (Å²) in [6, 6.07) is 11.8. The molecule has 0 aliphatic heterocycles. The molecule has 2 rings (SSSR count). The summed E-state index contributed by atoms with van der Waals surface area (Å²) >= 11 is 0. The molecule has 0 heterocycles. The summed E-state index contributed by atoms with van der Waals surface area (Å²) in [5.74, 6) is -1.02. The van der Waals surface area contributed by atoms with E-state index in [4.69, 9.17) is 4.84 Å². The van der Waals surface area contributed by atoms with Crippen molar-refractivity contribution in [1.82, 2.24) is 10.2 Å². The molecule has 2 N–H and O–H groups in total. The molecule has 0 radical (unpaired) electrons. The highest BCUT2D eigenvalue weighted by Crippen LogP contribution is 2.09. The lowest BCUT2D eigenvalue weighted by Gasteiger charge is -2.09. The van der Waals surface area contributed by atoms with Crippen LogP contribution in [0.2, 0.25) is 0 Å². The van der Waals surface area contributed by atoms with Gasteiger partial charge >= 0.3 is 0 Å². The van der Waals surface area contributed by atoms with Crippen molar-refractivity contribution in [3.8, 4) is 0 Å². The molecule has 0 aliphatic carbocycles. The van der Waals surface area contributed by atoms with E-state index in [1.165, 1.54) is 0 Å². The van der Waals surface area contributed by atoms with Crippen LogP contribution in [0.5, 0.6) is 0 Å². The maximum absolute atomic E-state index is 12.8. The average Bonchev–Trinajstić information content (AvgIpc) is 2.54. The van der Waals surface area contributed by atoms with E-state index < -0.39 is 28.4 Å². The summed E-state index contributed by atoms with van der Waals surface area (Å²) in [6.45, 7) is 1.76. The zero-order valence-electron chi connectivity index (χ0n) is 13.0. The van der Waals surface area contributed by atoms with Crippen LogP contribution < -0.4 is 10.2 Å². The molecule has 0 saturated heterocycles. The van der Waals surface area contributed by atoms with Crippen molar-refractivity contribution < 1.29 is 22.4 Å². The molecule has 0 aromatic heterocycles. The quantitative estimate of drug-likeness (QED) is 0.742. The lowest BCUT2D eigenvalue weighted by molar-refractivity contribution is -0.126. The van der Waals surface area contributed by atoms with E-state index in [9.17, 15) is 17.6 Å². The van der Waals surface area contributed by atoms with E-state index in [2.05, 4.69) is 5.32 Å². The van der Waals surface area contributed by atoms with Crippen molar-refractivity contribution in [2.45, 2.75) is 18.4 Å². The van der Waals surface area contributed by atoms with E-state index >= 15 is 0 Å². The monoisotopic (exact) mass is 352 g/mol. The van der Waals surface area contributed by atoms with Crippen LogP contribution in [0.25, 0.3) is 0 Å². The van der Waals surface area contributed by atoms with Gasteiger partial charge in [0.25, 0.3) is 10.0 Å². The van der Waals surface area contributed by atoms with Gasteiger partial charge in [0.05, 0.1) is 4.90 Å². The molecule has 0 saturated carbocycles. The molecule has 1 amide bonds. The third-order valence-corrected chi connectivity index (χ3v) is 4.46. The van der Waals surface area contributed by atoms with Crippen LogP contribution in [-0.2, 0) is 26.2 Å². The van der Waals surface area contributed by atoms with Gasteiger partial charge in [-0.05, 0) is 42.3 Å². The highest BCUT2D eigenvalue weighted by Gasteiger charge is 2.15. The van der Waals surface area contributed by atoms with Crippen molar-refractivity contribution in [2.75, 3.05) is 6.61 Å². The summed E-state index contributed by atoms with van der Waals surface area (Å²) in [4.78, 5) is 18.1. The average molecular weight is 352 g/mol. The minimum atomic E-state index is -3.97. The van der Waals surface area contributed by atoms with Crippen LogP contribution in [0, 0.1) is 12.7 Å².